The number of rotatable bonds is 4. The number of hydrogen-bond donors (Lipinski definition) is 1. The zero-order valence-corrected chi connectivity index (χ0v) is 15.9. The first-order valence-electron chi connectivity index (χ1n) is 9.14. The fourth-order valence-corrected chi connectivity index (χ4v) is 3.50. The molecular formula is C22H26N2O2. The van der Waals surface area contributed by atoms with Crippen LogP contribution >= 0.6 is 0 Å². The molecule has 1 N–H and O–H groups in total. The van der Waals surface area contributed by atoms with Crippen molar-refractivity contribution in [3.63, 3.8) is 0 Å². The second kappa shape index (κ2) is 7.32. The lowest BCUT2D eigenvalue weighted by Crippen LogP contribution is -2.28. The van der Waals surface area contributed by atoms with E-state index in [2.05, 4.69) is 19.2 Å². The lowest BCUT2D eigenvalue weighted by atomic mass is 9.97. The van der Waals surface area contributed by atoms with Gasteiger partial charge in [-0.15, -0.1) is 0 Å². The van der Waals surface area contributed by atoms with Crippen LogP contribution in [0.3, 0.4) is 0 Å². The number of carbonyl (C=O) groups is 2. The minimum atomic E-state index is -0.331. The van der Waals surface area contributed by atoms with Crippen LogP contribution in [0.5, 0.6) is 0 Å². The molecular weight excluding hydrogens is 324 g/mol. The van der Waals surface area contributed by atoms with Crippen molar-refractivity contribution in [1.82, 2.24) is 0 Å². The van der Waals surface area contributed by atoms with Crippen LogP contribution in [0, 0.1) is 19.8 Å². The first-order valence-corrected chi connectivity index (χ1v) is 9.14. The lowest BCUT2D eigenvalue weighted by Gasteiger charge is -2.19. The zero-order valence-electron chi connectivity index (χ0n) is 15.9. The molecule has 0 aliphatic carbocycles. The molecule has 2 aromatic carbocycles. The van der Waals surface area contributed by atoms with Crippen LogP contribution in [0.1, 0.15) is 42.9 Å². The number of hydrogen-bond acceptors (Lipinski definition) is 2. The fraction of sp³-hybridized carbons (Fsp3) is 0.364. The summed E-state index contributed by atoms with van der Waals surface area (Å²) in [6, 6.07) is 13.9. The predicted molar refractivity (Wildman–Crippen MR) is 106 cm³/mol. The van der Waals surface area contributed by atoms with Crippen molar-refractivity contribution < 1.29 is 9.59 Å². The van der Waals surface area contributed by atoms with Gasteiger partial charge in [-0.2, -0.15) is 0 Å². The highest BCUT2D eigenvalue weighted by Gasteiger charge is 2.35. The van der Waals surface area contributed by atoms with Crippen molar-refractivity contribution >= 4 is 23.2 Å². The molecule has 0 saturated carbocycles. The third-order valence-electron chi connectivity index (χ3n) is 4.98. The van der Waals surface area contributed by atoms with Crippen molar-refractivity contribution in [3.8, 4) is 0 Å². The standard InChI is InChI=1S/C22H26N2O2/c1-14(2)19-10-6-8-16(4)21(19)23-22(26)17-12-20(25)24(13-17)18-9-5-7-15(3)11-18/h5-11,14,17H,12-13H2,1-4H3,(H,23,26). The van der Waals surface area contributed by atoms with Gasteiger partial charge in [-0.3, -0.25) is 9.59 Å². The van der Waals surface area contributed by atoms with Gasteiger partial charge in [0.15, 0.2) is 0 Å². The number of benzene rings is 2. The van der Waals surface area contributed by atoms with Crippen LogP contribution < -0.4 is 10.2 Å². The van der Waals surface area contributed by atoms with Gasteiger partial charge in [0.2, 0.25) is 11.8 Å². The van der Waals surface area contributed by atoms with Gasteiger partial charge in [0.1, 0.15) is 0 Å². The molecule has 0 spiro atoms. The molecule has 1 aliphatic heterocycles. The van der Waals surface area contributed by atoms with Gasteiger partial charge in [0, 0.05) is 24.3 Å². The summed E-state index contributed by atoms with van der Waals surface area (Å²) < 4.78 is 0. The monoisotopic (exact) mass is 350 g/mol. The molecule has 4 nitrogen and oxygen atoms in total. The maximum Gasteiger partial charge on any atom is 0.229 e. The van der Waals surface area contributed by atoms with Crippen molar-refractivity contribution in [3.05, 3.63) is 59.2 Å². The van der Waals surface area contributed by atoms with Crippen LogP contribution in [-0.4, -0.2) is 18.4 Å². The number of nitrogens with one attached hydrogen (secondary N) is 1. The molecule has 1 aliphatic rings. The fourth-order valence-electron chi connectivity index (χ4n) is 3.50. The van der Waals surface area contributed by atoms with Crippen LogP contribution in [0.25, 0.3) is 0 Å². The average molecular weight is 350 g/mol. The van der Waals surface area contributed by atoms with Gasteiger partial charge in [0.25, 0.3) is 0 Å². The summed E-state index contributed by atoms with van der Waals surface area (Å²) in [7, 11) is 0. The smallest absolute Gasteiger partial charge is 0.229 e. The van der Waals surface area contributed by atoms with Crippen LogP contribution in [0.15, 0.2) is 42.5 Å². The second-order valence-electron chi connectivity index (χ2n) is 7.43. The van der Waals surface area contributed by atoms with Crippen LogP contribution in [-0.2, 0) is 9.59 Å². The molecule has 1 fully saturated rings. The zero-order chi connectivity index (χ0) is 18.8. The van der Waals surface area contributed by atoms with Crippen molar-refractivity contribution in [2.24, 2.45) is 5.92 Å². The molecule has 4 heteroatoms. The predicted octanol–water partition coefficient (Wildman–Crippen LogP) is 4.42. The second-order valence-corrected chi connectivity index (χ2v) is 7.43. The van der Waals surface area contributed by atoms with Crippen molar-refractivity contribution in [2.75, 3.05) is 16.8 Å². The third kappa shape index (κ3) is 3.64. The molecule has 1 saturated heterocycles. The first-order chi connectivity index (χ1) is 12.4. The summed E-state index contributed by atoms with van der Waals surface area (Å²) in [5, 5.41) is 3.09. The molecule has 0 bridgehead atoms. The molecule has 1 unspecified atom stereocenters. The van der Waals surface area contributed by atoms with Gasteiger partial charge in [-0.25, -0.2) is 0 Å². The Morgan fingerprint density at radius 3 is 2.58 bits per heavy atom. The minimum Gasteiger partial charge on any atom is -0.325 e. The van der Waals surface area contributed by atoms with E-state index in [4.69, 9.17) is 0 Å². The summed E-state index contributed by atoms with van der Waals surface area (Å²) >= 11 is 0. The van der Waals surface area contributed by atoms with Gasteiger partial charge in [-0.05, 0) is 48.6 Å². The Morgan fingerprint density at radius 1 is 1.15 bits per heavy atom. The van der Waals surface area contributed by atoms with E-state index < -0.39 is 0 Å². The average Bonchev–Trinajstić information content (AvgIpc) is 2.98. The highest BCUT2D eigenvalue weighted by Crippen LogP contribution is 2.30. The molecule has 3 rings (SSSR count). The van der Waals surface area contributed by atoms with Gasteiger partial charge in [-0.1, -0.05) is 44.2 Å². The molecule has 2 amide bonds. The summed E-state index contributed by atoms with van der Waals surface area (Å²) in [6.07, 6.45) is 0.253. The van der Waals surface area contributed by atoms with E-state index in [1.807, 2.05) is 56.3 Å². The number of anilines is 2. The molecule has 0 radical (unpaired) electrons. The van der Waals surface area contributed by atoms with E-state index in [1.54, 1.807) is 4.90 Å². The molecule has 1 heterocycles. The third-order valence-corrected chi connectivity index (χ3v) is 4.98. The highest BCUT2D eigenvalue weighted by molar-refractivity contribution is 6.04. The largest absolute Gasteiger partial charge is 0.325 e. The quantitative estimate of drug-likeness (QED) is 0.887. The maximum atomic E-state index is 12.8. The first kappa shape index (κ1) is 18.2. The summed E-state index contributed by atoms with van der Waals surface area (Å²) in [5.41, 5.74) is 5.02. The Morgan fingerprint density at radius 2 is 1.88 bits per heavy atom. The number of aryl methyl sites for hydroxylation is 2. The topological polar surface area (TPSA) is 49.4 Å². The number of amides is 2. The SMILES string of the molecule is Cc1cccc(N2CC(C(=O)Nc3c(C)cccc3C(C)C)CC2=O)c1. The Hall–Kier alpha value is -2.62. The van der Waals surface area contributed by atoms with E-state index >= 15 is 0 Å². The highest BCUT2D eigenvalue weighted by atomic mass is 16.2. The van der Waals surface area contributed by atoms with Crippen molar-refractivity contribution in [1.29, 1.82) is 0 Å². The van der Waals surface area contributed by atoms with Gasteiger partial charge < -0.3 is 10.2 Å². The Balaban J connectivity index is 1.77. The van der Waals surface area contributed by atoms with E-state index in [0.29, 0.717) is 12.5 Å². The van der Waals surface area contributed by atoms with Gasteiger partial charge in [0.05, 0.1) is 5.92 Å². The number of nitrogens with zero attached hydrogens (tertiary/aromatic N) is 1. The van der Waals surface area contributed by atoms with E-state index in [1.165, 1.54) is 0 Å². The van der Waals surface area contributed by atoms with Crippen LogP contribution in [0.2, 0.25) is 0 Å². The number of para-hydroxylation sites is 1. The van der Waals surface area contributed by atoms with E-state index in [0.717, 1.165) is 28.1 Å². The summed E-state index contributed by atoms with van der Waals surface area (Å²) in [5.74, 6) is -0.0869. The Bertz CT molecular complexity index is 842. The van der Waals surface area contributed by atoms with Crippen LogP contribution in [0.4, 0.5) is 11.4 Å². The maximum absolute atomic E-state index is 12.8. The Kier molecular flexibility index (Phi) is 5.12. The summed E-state index contributed by atoms with van der Waals surface area (Å²) in [4.78, 5) is 27.0. The molecule has 136 valence electrons. The molecule has 26 heavy (non-hydrogen) atoms. The van der Waals surface area contributed by atoms with Crippen molar-refractivity contribution in [2.45, 2.75) is 40.0 Å². The van der Waals surface area contributed by atoms with E-state index in [-0.39, 0.29) is 24.2 Å². The minimum absolute atomic E-state index is 0.00427. The van der Waals surface area contributed by atoms with E-state index in [9.17, 15) is 9.59 Å². The van der Waals surface area contributed by atoms with Gasteiger partial charge >= 0.3 is 0 Å². The summed E-state index contributed by atoms with van der Waals surface area (Å²) in [6.45, 7) is 8.66. The normalized spacial score (nSPS) is 17.0. The lowest BCUT2D eigenvalue weighted by molar-refractivity contribution is -0.122. The Labute approximate surface area is 155 Å². The molecule has 2 aromatic rings. The molecule has 1 atom stereocenters. The molecule has 0 aromatic heterocycles. The number of carbonyl (C=O) groups excluding carboxylic acids is 2.